The lowest BCUT2D eigenvalue weighted by Crippen LogP contribution is -2.16. The summed E-state index contributed by atoms with van der Waals surface area (Å²) in [6.45, 7) is 6.12. The molecule has 1 aliphatic rings. The van der Waals surface area contributed by atoms with Gasteiger partial charge in [-0.25, -0.2) is 4.79 Å². The van der Waals surface area contributed by atoms with Crippen LogP contribution in [0.3, 0.4) is 0 Å². The molecule has 1 aromatic carbocycles. The van der Waals surface area contributed by atoms with Crippen LogP contribution in [0.15, 0.2) is 36.9 Å². The smallest absolute Gasteiger partial charge is 0.338 e. The number of allylic oxidation sites excluding steroid dienone is 1. The second kappa shape index (κ2) is 8.58. The molecule has 0 atom stereocenters. The first kappa shape index (κ1) is 17.3. The summed E-state index contributed by atoms with van der Waals surface area (Å²) < 4.78 is 5.00. The summed E-state index contributed by atoms with van der Waals surface area (Å²) in [5, 5.41) is 0. The SMILES string of the molecule is C=CCC1(C#Cc2ccc(C(=O)OCC)cc2)CCCCCC1. The van der Waals surface area contributed by atoms with Crippen LogP contribution in [0.1, 0.15) is 67.8 Å². The van der Waals surface area contributed by atoms with Gasteiger partial charge in [0, 0.05) is 11.0 Å². The van der Waals surface area contributed by atoms with Crippen molar-refractivity contribution in [1.29, 1.82) is 0 Å². The van der Waals surface area contributed by atoms with Crippen molar-refractivity contribution in [3.63, 3.8) is 0 Å². The normalized spacial score (nSPS) is 16.6. The van der Waals surface area contributed by atoms with Gasteiger partial charge >= 0.3 is 5.97 Å². The van der Waals surface area contributed by atoms with Crippen LogP contribution < -0.4 is 0 Å². The Labute approximate surface area is 139 Å². The van der Waals surface area contributed by atoms with Gasteiger partial charge in [0.2, 0.25) is 0 Å². The van der Waals surface area contributed by atoms with Crippen LogP contribution in [0.25, 0.3) is 0 Å². The number of hydrogen-bond donors (Lipinski definition) is 0. The van der Waals surface area contributed by atoms with Crippen molar-refractivity contribution in [3.05, 3.63) is 48.0 Å². The molecule has 0 aliphatic heterocycles. The van der Waals surface area contributed by atoms with Crippen molar-refractivity contribution in [2.45, 2.75) is 51.9 Å². The maximum Gasteiger partial charge on any atom is 0.338 e. The van der Waals surface area contributed by atoms with E-state index in [0.717, 1.165) is 24.8 Å². The average molecular weight is 310 g/mol. The molecule has 0 unspecified atom stereocenters. The van der Waals surface area contributed by atoms with Crippen molar-refractivity contribution in [1.82, 2.24) is 0 Å². The van der Waals surface area contributed by atoms with Crippen molar-refractivity contribution >= 4 is 5.97 Å². The highest BCUT2D eigenvalue weighted by molar-refractivity contribution is 5.89. The minimum atomic E-state index is -0.279. The Balaban J connectivity index is 2.14. The van der Waals surface area contributed by atoms with E-state index in [4.69, 9.17) is 4.74 Å². The quantitative estimate of drug-likeness (QED) is 0.333. The van der Waals surface area contributed by atoms with Crippen molar-refractivity contribution in [2.75, 3.05) is 6.61 Å². The highest BCUT2D eigenvalue weighted by atomic mass is 16.5. The van der Waals surface area contributed by atoms with Gasteiger partial charge in [-0.15, -0.1) is 6.58 Å². The van der Waals surface area contributed by atoms with Gasteiger partial charge in [-0.1, -0.05) is 43.6 Å². The Kier molecular flexibility index (Phi) is 6.47. The average Bonchev–Trinajstić information content (AvgIpc) is 2.80. The predicted octanol–water partition coefficient (Wildman–Crippen LogP) is 5.13. The zero-order chi connectivity index (χ0) is 16.5. The number of rotatable bonds is 4. The topological polar surface area (TPSA) is 26.3 Å². The lowest BCUT2D eigenvalue weighted by Gasteiger charge is -2.25. The lowest BCUT2D eigenvalue weighted by atomic mass is 9.78. The second-order valence-corrected chi connectivity index (χ2v) is 6.24. The molecule has 0 N–H and O–H groups in total. The number of hydrogen-bond acceptors (Lipinski definition) is 2. The van der Waals surface area contributed by atoms with Gasteiger partial charge in [-0.3, -0.25) is 0 Å². The second-order valence-electron chi connectivity index (χ2n) is 6.24. The highest BCUT2D eigenvalue weighted by Gasteiger charge is 2.27. The van der Waals surface area contributed by atoms with Gasteiger partial charge in [0.15, 0.2) is 0 Å². The maximum absolute atomic E-state index is 11.7. The number of carbonyl (C=O) groups is 1. The molecule has 0 spiro atoms. The number of esters is 1. The summed E-state index contributed by atoms with van der Waals surface area (Å²) >= 11 is 0. The highest BCUT2D eigenvalue weighted by Crippen LogP contribution is 2.37. The Hall–Kier alpha value is -2.01. The third-order valence-corrected chi connectivity index (χ3v) is 4.46. The van der Waals surface area contributed by atoms with E-state index >= 15 is 0 Å². The number of benzene rings is 1. The van der Waals surface area contributed by atoms with Crippen LogP contribution in [-0.4, -0.2) is 12.6 Å². The Morgan fingerprint density at radius 2 is 1.87 bits per heavy atom. The molecule has 0 bridgehead atoms. The largest absolute Gasteiger partial charge is 0.462 e. The molecule has 122 valence electrons. The van der Waals surface area contributed by atoms with Crippen LogP contribution >= 0.6 is 0 Å². The molecule has 0 radical (unpaired) electrons. The molecule has 0 amide bonds. The molecule has 2 heteroatoms. The fourth-order valence-corrected chi connectivity index (χ4v) is 3.17. The predicted molar refractivity (Wildman–Crippen MR) is 94.2 cm³/mol. The number of carbonyl (C=O) groups excluding carboxylic acids is 1. The van der Waals surface area contributed by atoms with E-state index in [9.17, 15) is 4.79 Å². The van der Waals surface area contributed by atoms with E-state index in [1.54, 1.807) is 12.1 Å². The van der Waals surface area contributed by atoms with E-state index in [-0.39, 0.29) is 11.4 Å². The molecular weight excluding hydrogens is 284 g/mol. The zero-order valence-corrected chi connectivity index (χ0v) is 14.1. The molecule has 2 rings (SSSR count). The molecule has 1 fully saturated rings. The van der Waals surface area contributed by atoms with Crippen molar-refractivity contribution in [2.24, 2.45) is 5.41 Å². The fourth-order valence-electron chi connectivity index (χ4n) is 3.17. The fraction of sp³-hybridized carbons (Fsp3) is 0.476. The summed E-state index contributed by atoms with van der Waals surface area (Å²) in [4.78, 5) is 11.7. The minimum Gasteiger partial charge on any atom is -0.462 e. The van der Waals surface area contributed by atoms with Crippen LogP contribution in [0.4, 0.5) is 0 Å². The number of ether oxygens (including phenoxy) is 1. The molecular formula is C21H26O2. The molecule has 0 heterocycles. The van der Waals surface area contributed by atoms with Crippen LogP contribution in [0.5, 0.6) is 0 Å². The van der Waals surface area contributed by atoms with Gasteiger partial charge in [0.1, 0.15) is 0 Å². The van der Waals surface area contributed by atoms with Gasteiger partial charge in [0.25, 0.3) is 0 Å². The summed E-state index contributed by atoms with van der Waals surface area (Å²) in [5.74, 6) is 6.57. The molecule has 2 nitrogen and oxygen atoms in total. The first-order chi connectivity index (χ1) is 11.2. The maximum atomic E-state index is 11.7. The van der Waals surface area contributed by atoms with Crippen molar-refractivity contribution < 1.29 is 9.53 Å². The Bertz CT molecular complexity index is 579. The summed E-state index contributed by atoms with van der Waals surface area (Å²) in [6, 6.07) is 7.37. The molecule has 1 aromatic rings. The zero-order valence-electron chi connectivity index (χ0n) is 14.1. The molecule has 0 aromatic heterocycles. The summed E-state index contributed by atoms with van der Waals surface area (Å²) in [7, 11) is 0. The summed E-state index contributed by atoms with van der Waals surface area (Å²) in [6.07, 6.45) is 10.4. The van der Waals surface area contributed by atoms with Crippen molar-refractivity contribution in [3.8, 4) is 11.8 Å². The minimum absolute atomic E-state index is 0.0814. The third-order valence-electron chi connectivity index (χ3n) is 4.46. The van der Waals surface area contributed by atoms with E-state index in [2.05, 4.69) is 18.4 Å². The van der Waals surface area contributed by atoms with Crippen LogP contribution in [-0.2, 0) is 4.74 Å². The molecule has 1 saturated carbocycles. The van der Waals surface area contributed by atoms with Gasteiger partial charge in [0.05, 0.1) is 12.2 Å². The summed E-state index contributed by atoms with van der Waals surface area (Å²) in [5.41, 5.74) is 1.61. The van der Waals surface area contributed by atoms with Gasteiger partial charge < -0.3 is 4.74 Å². The first-order valence-electron chi connectivity index (χ1n) is 8.60. The molecule has 23 heavy (non-hydrogen) atoms. The van der Waals surface area contributed by atoms with Crippen LogP contribution in [0, 0.1) is 17.3 Å². The lowest BCUT2D eigenvalue weighted by molar-refractivity contribution is 0.0526. The van der Waals surface area contributed by atoms with E-state index in [0.29, 0.717) is 12.2 Å². The first-order valence-corrected chi connectivity index (χ1v) is 8.60. The monoisotopic (exact) mass is 310 g/mol. The van der Waals surface area contributed by atoms with Crippen LogP contribution in [0.2, 0.25) is 0 Å². The Morgan fingerprint density at radius 1 is 1.22 bits per heavy atom. The van der Waals surface area contributed by atoms with E-state index in [1.165, 1.54) is 25.7 Å². The van der Waals surface area contributed by atoms with Gasteiger partial charge in [-0.05, 0) is 50.5 Å². The third kappa shape index (κ3) is 4.99. The molecule has 0 saturated heterocycles. The molecule has 1 aliphatic carbocycles. The Morgan fingerprint density at radius 3 is 2.43 bits per heavy atom. The van der Waals surface area contributed by atoms with E-state index in [1.807, 2.05) is 25.1 Å². The van der Waals surface area contributed by atoms with E-state index < -0.39 is 0 Å². The van der Waals surface area contributed by atoms with Gasteiger partial charge in [-0.2, -0.15) is 0 Å². The standard InChI is InChI=1S/C21H26O2/c1-3-14-21(15-7-5-6-8-16-21)17-13-18-9-11-19(12-10-18)20(22)23-4-2/h3,9-12H,1,4-8,14-16H2,2H3.